The summed E-state index contributed by atoms with van der Waals surface area (Å²) in [5.41, 5.74) is 6.44. The zero-order chi connectivity index (χ0) is 20.0. The zero-order valence-electron chi connectivity index (χ0n) is 16.2. The summed E-state index contributed by atoms with van der Waals surface area (Å²) in [7, 11) is 0. The van der Waals surface area contributed by atoms with Gasteiger partial charge in [0.25, 0.3) is 0 Å². The van der Waals surface area contributed by atoms with Crippen LogP contribution in [-0.2, 0) is 13.0 Å². The number of ketones is 1. The van der Waals surface area contributed by atoms with Crippen molar-refractivity contribution < 1.29 is 19.1 Å². The highest BCUT2D eigenvalue weighted by molar-refractivity contribution is 6.00. The van der Waals surface area contributed by atoms with E-state index in [0.29, 0.717) is 24.3 Å². The van der Waals surface area contributed by atoms with Crippen molar-refractivity contribution in [2.24, 2.45) is 0 Å². The molecule has 0 bridgehead atoms. The third kappa shape index (κ3) is 3.21. The van der Waals surface area contributed by atoms with Crippen molar-refractivity contribution in [3.8, 4) is 22.6 Å². The topological polar surface area (TPSA) is 52.6 Å². The number of hydrogen-bond donors (Lipinski definition) is 0. The first-order valence-corrected chi connectivity index (χ1v) is 9.83. The van der Waals surface area contributed by atoms with Crippen LogP contribution in [0.25, 0.3) is 11.1 Å². The van der Waals surface area contributed by atoms with Crippen LogP contribution in [0.1, 0.15) is 50.2 Å². The minimum atomic E-state index is -0.390. The average molecular weight is 384 g/mol. The molecule has 0 unspecified atom stereocenters. The van der Waals surface area contributed by atoms with Crippen molar-refractivity contribution in [3.05, 3.63) is 82.4 Å². The molecule has 0 aromatic heterocycles. The van der Waals surface area contributed by atoms with Gasteiger partial charge in [0, 0.05) is 17.5 Å². The fourth-order valence-electron chi connectivity index (χ4n) is 4.03. The highest BCUT2D eigenvalue weighted by Crippen LogP contribution is 2.41. The van der Waals surface area contributed by atoms with Gasteiger partial charge in [0.1, 0.15) is 18.1 Å². The molecular weight excluding hydrogens is 364 g/mol. The van der Waals surface area contributed by atoms with Gasteiger partial charge in [0.2, 0.25) is 0 Å². The van der Waals surface area contributed by atoms with Crippen LogP contribution in [0.2, 0.25) is 0 Å². The van der Waals surface area contributed by atoms with E-state index in [1.54, 1.807) is 18.2 Å². The van der Waals surface area contributed by atoms with Crippen LogP contribution >= 0.6 is 0 Å². The molecule has 0 saturated heterocycles. The van der Waals surface area contributed by atoms with Crippen molar-refractivity contribution in [3.63, 3.8) is 0 Å². The van der Waals surface area contributed by atoms with E-state index in [-0.39, 0.29) is 5.78 Å². The quantitative estimate of drug-likeness (QED) is 0.445. The van der Waals surface area contributed by atoms with Crippen molar-refractivity contribution >= 4 is 11.8 Å². The summed E-state index contributed by atoms with van der Waals surface area (Å²) in [6.07, 6.45) is 2.40. The SMILES string of the molecule is Cc1ccc(OC(=O)c2ccc3c(c2)COc2cc4c(cc2-3)CCCC4=O)cc1. The highest BCUT2D eigenvalue weighted by Gasteiger charge is 2.25. The molecule has 144 valence electrons. The van der Waals surface area contributed by atoms with Gasteiger partial charge in [0.05, 0.1) is 5.56 Å². The largest absolute Gasteiger partial charge is 0.488 e. The van der Waals surface area contributed by atoms with Crippen molar-refractivity contribution in [1.82, 2.24) is 0 Å². The number of aryl methyl sites for hydroxylation is 2. The standard InChI is InChI=1S/C25H20O4/c1-15-5-8-19(9-6-15)29-25(27)17-7-10-20-18(11-17)14-28-24-13-21-16(12-22(20)24)3-2-4-23(21)26/h5-13H,2-4,14H2,1H3. The molecule has 0 N–H and O–H groups in total. The Bertz CT molecular complexity index is 1140. The number of hydrogen-bond acceptors (Lipinski definition) is 4. The number of carbonyl (C=O) groups is 2. The van der Waals surface area contributed by atoms with E-state index < -0.39 is 5.97 Å². The van der Waals surface area contributed by atoms with Crippen LogP contribution in [0.5, 0.6) is 11.5 Å². The van der Waals surface area contributed by atoms with E-state index in [0.717, 1.165) is 52.0 Å². The normalized spacial score (nSPS) is 14.3. The number of fused-ring (bicyclic) bond motifs is 4. The molecule has 29 heavy (non-hydrogen) atoms. The Morgan fingerprint density at radius 3 is 2.55 bits per heavy atom. The molecule has 0 spiro atoms. The Balaban J connectivity index is 1.46. The molecule has 0 amide bonds. The molecule has 2 aliphatic rings. The summed E-state index contributed by atoms with van der Waals surface area (Å²) < 4.78 is 11.4. The van der Waals surface area contributed by atoms with Gasteiger partial charge in [-0.2, -0.15) is 0 Å². The fraction of sp³-hybridized carbons (Fsp3) is 0.200. The van der Waals surface area contributed by atoms with Crippen molar-refractivity contribution in [2.45, 2.75) is 32.8 Å². The van der Waals surface area contributed by atoms with Gasteiger partial charge in [-0.15, -0.1) is 0 Å². The lowest BCUT2D eigenvalue weighted by atomic mass is 9.86. The van der Waals surface area contributed by atoms with Crippen LogP contribution in [0, 0.1) is 6.92 Å². The average Bonchev–Trinajstić information content (AvgIpc) is 2.74. The van der Waals surface area contributed by atoms with E-state index in [9.17, 15) is 9.59 Å². The van der Waals surface area contributed by atoms with Gasteiger partial charge in [-0.3, -0.25) is 4.79 Å². The maximum atomic E-state index is 12.6. The lowest BCUT2D eigenvalue weighted by Crippen LogP contribution is -2.14. The summed E-state index contributed by atoms with van der Waals surface area (Å²) in [4.78, 5) is 24.8. The van der Waals surface area contributed by atoms with E-state index in [2.05, 4.69) is 6.07 Å². The van der Waals surface area contributed by atoms with E-state index in [1.807, 2.05) is 37.3 Å². The van der Waals surface area contributed by atoms with Gasteiger partial charge in [0.15, 0.2) is 5.78 Å². The molecule has 1 heterocycles. The molecule has 0 fully saturated rings. The molecule has 0 atom stereocenters. The second-order valence-corrected chi connectivity index (χ2v) is 7.65. The van der Waals surface area contributed by atoms with Crippen LogP contribution in [0.15, 0.2) is 54.6 Å². The predicted molar refractivity (Wildman–Crippen MR) is 110 cm³/mol. The number of ether oxygens (including phenoxy) is 2. The summed E-state index contributed by atoms with van der Waals surface area (Å²) >= 11 is 0. The third-order valence-electron chi connectivity index (χ3n) is 5.60. The molecule has 3 aromatic rings. The molecular formula is C25H20O4. The Kier molecular flexibility index (Phi) is 4.20. The first-order valence-electron chi connectivity index (χ1n) is 9.83. The number of carbonyl (C=O) groups excluding carboxylic acids is 2. The minimum Gasteiger partial charge on any atom is -0.488 e. The molecule has 1 aliphatic carbocycles. The first-order chi connectivity index (χ1) is 14.1. The molecule has 4 heteroatoms. The Labute approximate surface area is 169 Å². The molecule has 4 nitrogen and oxygen atoms in total. The number of esters is 1. The van der Waals surface area contributed by atoms with Crippen molar-refractivity contribution in [2.75, 3.05) is 0 Å². The Morgan fingerprint density at radius 2 is 1.72 bits per heavy atom. The number of rotatable bonds is 2. The first kappa shape index (κ1) is 17.7. The van der Waals surface area contributed by atoms with Crippen LogP contribution in [0.3, 0.4) is 0 Å². The highest BCUT2D eigenvalue weighted by atomic mass is 16.5. The maximum Gasteiger partial charge on any atom is 0.343 e. The van der Waals surface area contributed by atoms with Gasteiger partial charge < -0.3 is 9.47 Å². The molecule has 5 rings (SSSR count). The maximum absolute atomic E-state index is 12.6. The summed E-state index contributed by atoms with van der Waals surface area (Å²) in [5, 5.41) is 0. The van der Waals surface area contributed by atoms with Crippen molar-refractivity contribution in [1.29, 1.82) is 0 Å². The Hall–Kier alpha value is -3.40. The van der Waals surface area contributed by atoms with E-state index in [4.69, 9.17) is 9.47 Å². The zero-order valence-corrected chi connectivity index (χ0v) is 16.2. The minimum absolute atomic E-state index is 0.192. The monoisotopic (exact) mass is 384 g/mol. The molecule has 0 radical (unpaired) electrons. The van der Waals surface area contributed by atoms with E-state index in [1.165, 1.54) is 0 Å². The predicted octanol–water partition coefficient (Wildman–Crippen LogP) is 5.29. The summed E-state index contributed by atoms with van der Waals surface area (Å²) in [6, 6.07) is 16.9. The molecule has 1 aliphatic heterocycles. The summed E-state index contributed by atoms with van der Waals surface area (Å²) in [6.45, 7) is 2.35. The molecule has 0 saturated carbocycles. The number of benzene rings is 3. The fourth-order valence-corrected chi connectivity index (χ4v) is 4.03. The lowest BCUT2D eigenvalue weighted by Gasteiger charge is -2.24. The van der Waals surface area contributed by atoms with Gasteiger partial charge in [-0.1, -0.05) is 23.8 Å². The van der Waals surface area contributed by atoms with Crippen LogP contribution in [-0.4, -0.2) is 11.8 Å². The van der Waals surface area contributed by atoms with Gasteiger partial charge >= 0.3 is 5.97 Å². The second-order valence-electron chi connectivity index (χ2n) is 7.65. The van der Waals surface area contributed by atoms with Crippen LogP contribution in [0.4, 0.5) is 0 Å². The summed E-state index contributed by atoms with van der Waals surface area (Å²) in [5.74, 6) is 1.06. The third-order valence-corrected chi connectivity index (χ3v) is 5.60. The number of Topliss-reactive ketones (excluding diaryl/α,β-unsaturated/α-hetero) is 1. The Morgan fingerprint density at radius 1 is 0.897 bits per heavy atom. The smallest absolute Gasteiger partial charge is 0.343 e. The van der Waals surface area contributed by atoms with Gasteiger partial charge in [-0.25, -0.2) is 4.79 Å². The van der Waals surface area contributed by atoms with Gasteiger partial charge in [-0.05, 0) is 72.9 Å². The second kappa shape index (κ2) is 6.89. The molecule has 3 aromatic carbocycles. The lowest BCUT2D eigenvalue weighted by molar-refractivity contribution is 0.0734. The van der Waals surface area contributed by atoms with E-state index >= 15 is 0 Å². The van der Waals surface area contributed by atoms with Crippen LogP contribution < -0.4 is 9.47 Å².